The maximum Gasteiger partial charge on any atom is 0.354 e. The summed E-state index contributed by atoms with van der Waals surface area (Å²) < 4.78 is 1.62. The molecule has 122 valence electrons. The van der Waals surface area contributed by atoms with Crippen molar-refractivity contribution in [3.63, 3.8) is 0 Å². The highest BCUT2D eigenvalue weighted by atomic mass is 35.5. The molecule has 5 nitrogen and oxygen atoms in total. The number of aromatic carboxylic acids is 1. The Morgan fingerprint density at radius 3 is 2.71 bits per heavy atom. The highest BCUT2D eigenvalue weighted by Crippen LogP contribution is 2.29. The van der Waals surface area contributed by atoms with Gasteiger partial charge in [-0.05, 0) is 30.7 Å². The van der Waals surface area contributed by atoms with Crippen LogP contribution in [0.25, 0.3) is 11.4 Å². The Bertz CT molecular complexity index is 908. The van der Waals surface area contributed by atoms with Crippen LogP contribution in [0.3, 0.4) is 0 Å². The molecule has 2 heterocycles. The first-order valence-electron chi connectivity index (χ1n) is 7.12. The number of hydrogen-bond acceptors (Lipinski definition) is 3. The van der Waals surface area contributed by atoms with Crippen LogP contribution in [-0.4, -0.2) is 25.6 Å². The predicted octanol–water partition coefficient (Wildman–Crippen LogP) is 4.31. The van der Waals surface area contributed by atoms with Crippen LogP contribution >= 0.6 is 23.2 Å². The van der Waals surface area contributed by atoms with Crippen molar-refractivity contribution in [2.45, 2.75) is 13.5 Å². The SMILES string of the molecule is Cc1nc(-c2cccnc2)n(Cc2cccc(Cl)c2Cl)c1C(=O)O. The van der Waals surface area contributed by atoms with Gasteiger partial charge in [0.15, 0.2) is 5.69 Å². The van der Waals surface area contributed by atoms with E-state index in [-0.39, 0.29) is 12.2 Å². The molecule has 0 aliphatic rings. The number of carbonyl (C=O) groups is 1. The molecule has 3 aromatic rings. The number of aromatic nitrogens is 3. The van der Waals surface area contributed by atoms with Gasteiger partial charge in [0, 0.05) is 18.0 Å². The number of imidazole rings is 1. The van der Waals surface area contributed by atoms with E-state index in [0.717, 1.165) is 5.56 Å². The summed E-state index contributed by atoms with van der Waals surface area (Å²) in [5.74, 6) is -0.526. The fourth-order valence-corrected chi connectivity index (χ4v) is 2.93. The van der Waals surface area contributed by atoms with Crippen LogP contribution in [-0.2, 0) is 6.54 Å². The molecule has 2 aromatic heterocycles. The highest BCUT2D eigenvalue weighted by molar-refractivity contribution is 6.42. The van der Waals surface area contributed by atoms with E-state index in [1.54, 1.807) is 42.1 Å². The van der Waals surface area contributed by atoms with E-state index >= 15 is 0 Å². The van der Waals surface area contributed by atoms with E-state index in [4.69, 9.17) is 23.2 Å². The minimum absolute atomic E-state index is 0.116. The van der Waals surface area contributed by atoms with Crippen LogP contribution in [0.1, 0.15) is 21.7 Å². The van der Waals surface area contributed by atoms with Gasteiger partial charge < -0.3 is 9.67 Å². The molecule has 0 unspecified atom stereocenters. The Labute approximate surface area is 148 Å². The molecule has 0 fully saturated rings. The van der Waals surface area contributed by atoms with Crippen molar-refractivity contribution in [3.05, 3.63) is 69.7 Å². The third-order valence-corrected chi connectivity index (χ3v) is 4.48. The summed E-state index contributed by atoms with van der Waals surface area (Å²) in [4.78, 5) is 20.2. The van der Waals surface area contributed by atoms with Crippen molar-refractivity contribution in [3.8, 4) is 11.4 Å². The van der Waals surface area contributed by atoms with E-state index in [1.165, 1.54) is 0 Å². The van der Waals surface area contributed by atoms with Gasteiger partial charge in [-0.1, -0.05) is 35.3 Å². The summed E-state index contributed by atoms with van der Waals surface area (Å²) in [5.41, 5.74) is 1.99. The summed E-state index contributed by atoms with van der Waals surface area (Å²) in [6.07, 6.45) is 3.29. The molecule has 3 rings (SSSR count). The maximum absolute atomic E-state index is 11.7. The average molecular weight is 362 g/mol. The average Bonchev–Trinajstić information content (AvgIpc) is 2.89. The number of aryl methyl sites for hydroxylation is 1. The van der Waals surface area contributed by atoms with E-state index in [1.807, 2.05) is 12.1 Å². The second-order valence-electron chi connectivity index (χ2n) is 5.22. The number of carboxylic acids is 1. The third kappa shape index (κ3) is 3.00. The van der Waals surface area contributed by atoms with Gasteiger partial charge >= 0.3 is 5.97 Å². The molecular weight excluding hydrogens is 349 g/mol. The fraction of sp³-hybridized carbons (Fsp3) is 0.118. The lowest BCUT2D eigenvalue weighted by Crippen LogP contribution is -2.12. The number of pyridine rings is 1. The molecule has 1 N–H and O–H groups in total. The molecular formula is C17H13Cl2N3O2. The van der Waals surface area contributed by atoms with Crippen LogP contribution in [0.5, 0.6) is 0 Å². The largest absolute Gasteiger partial charge is 0.477 e. The van der Waals surface area contributed by atoms with Crippen molar-refractivity contribution < 1.29 is 9.90 Å². The summed E-state index contributed by atoms with van der Waals surface area (Å²) in [7, 11) is 0. The van der Waals surface area contributed by atoms with Gasteiger partial charge in [0.1, 0.15) is 5.82 Å². The lowest BCUT2D eigenvalue weighted by Gasteiger charge is -2.12. The number of halogens is 2. The number of hydrogen-bond donors (Lipinski definition) is 1. The molecule has 0 spiro atoms. The zero-order valence-electron chi connectivity index (χ0n) is 12.7. The molecule has 24 heavy (non-hydrogen) atoms. The Morgan fingerprint density at radius 1 is 1.25 bits per heavy atom. The van der Waals surface area contributed by atoms with Gasteiger partial charge in [0.05, 0.1) is 22.3 Å². The summed E-state index contributed by atoms with van der Waals surface area (Å²) in [5, 5.41) is 10.4. The van der Waals surface area contributed by atoms with Gasteiger partial charge in [-0.3, -0.25) is 4.98 Å². The second-order valence-corrected chi connectivity index (χ2v) is 6.00. The zero-order chi connectivity index (χ0) is 17.3. The monoisotopic (exact) mass is 361 g/mol. The van der Waals surface area contributed by atoms with Crippen molar-refractivity contribution in [1.29, 1.82) is 0 Å². The molecule has 0 bridgehead atoms. The van der Waals surface area contributed by atoms with Gasteiger partial charge in [-0.25, -0.2) is 9.78 Å². The maximum atomic E-state index is 11.7. The van der Waals surface area contributed by atoms with Gasteiger partial charge in [0.25, 0.3) is 0 Å². The molecule has 0 aliphatic heterocycles. The van der Waals surface area contributed by atoms with Gasteiger partial charge in [-0.15, -0.1) is 0 Å². The van der Waals surface area contributed by atoms with Crippen LogP contribution in [0, 0.1) is 6.92 Å². The summed E-state index contributed by atoms with van der Waals surface area (Å²) >= 11 is 12.3. The Morgan fingerprint density at radius 2 is 2.04 bits per heavy atom. The predicted molar refractivity (Wildman–Crippen MR) is 92.7 cm³/mol. The lowest BCUT2D eigenvalue weighted by atomic mass is 10.2. The molecule has 0 atom stereocenters. The van der Waals surface area contributed by atoms with Crippen LogP contribution in [0.15, 0.2) is 42.7 Å². The quantitative estimate of drug-likeness (QED) is 0.751. The van der Waals surface area contributed by atoms with Crippen molar-refractivity contribution in [1.82, 2.24) is 14.5 Å². The molecule has 1 aromatic carbocycles. The first-order chi connectivity index (χ1) is 11.5. The molecule has 7 heteroatoms. The number of nitrogens with zero attached hydrogens (tertiary/aromatic N) is 3. The normalized spacial score (nSPS) is 10.8. The molecule has 0 radical (unpaired) electrons. The lowest BCUT2D eigenvalue weighted by molar-refractivity contribution is 0.0685. The highest BCUT2D eigenvalue weighted by Gasteiger charge is 2.22. The van der Waals surface area contributed by atoms with Crippen LogP contribution < -0.4 is 0 Å². The minimum Gasteiger partial charge on any atom is -0.477 e. The number of rotatable bonds is 4. The molecule has 0 amide bonds. The van der Waals surface area contributed by atoms with Crippen molar-refractivity contribution in [2.75, 3.05) is 0 Å². The Balaban J connectivity index is 2.18. The Kier molecular flexibility index (Phi) is 4.55. The number of carboxylic acid groups (broad SMARTS) is 1. The van der Waals surface area contributed by atoms with Crippen molar-refractivity contribution >= 4 is 29.2 Å². The molecule has 0 saturated carbocycles. The molecule has 0 saturated heterocycles. The third-order valence-electron chi connectivity index (χ3n) is 3.62. The molecule has 0 aliphatic carbocycles. The van der Waals surface area contributed by atoms with E-state index in [2.05, 4.69) is 9.97 Å². The van der Waals surface area contributed by atoms with Gasteiger partial charge in [-0.2, -0.15) is 0 Å². The van der Waals surface area contributed by atoms with Crippen molar-refractivity contribution in [2.24, 2.45) is 0 Å². The first-order valence-corrected chi connectivity index (χ1v) is 7.88. The summed E-state index contributed by atoms with van der Waals surface area (Å²) in [6.45, 7) is 1.91. The second kappa shape index (κ2) is 6.63. The smallest absolute Gasteiger partial charge is 0.354 e. The standard InChI is InChI=1S/C17H13Cl2N3O2/c1-10-15(17(23)24)22(9-12-4-2-6-13(18)14(12)19)16(21-10)11-5-3-7-20-8-11/h2-8H,9H2,1H3,(H,23,24). The van der Waals surface area contributed by atoms with E-state index in [0.29, 0.717) is 27.1 Å². The fourth-order valence-electron chi connectivity index (χ4n) is 2.55. The number of benzene rings is 1. The summed E-state index contributed by atoms with van der Waals surface area (Å²) in [6, 6.07) is 8.87. The van der Waals surface area contributed by atoms with Gasteiger partial charge in [0.2, 0.25) is 0 Å². The van der Waals surface area contributed by atoms with Crippen LogP contribution in [0.4, 0.5) is 0 Å². The minimum atomic E-state index is -1.05. The zero-order valence-corrected chi connectivity index (χ0v) is 14.2. The topological polar surface area (TPSA) is 68.0 Å². The Hall–Kier alpha value is -2.37. The van der Waals surface area contributed by atoms with Crippen LogP contribution in [0.2, 0.25) is 10.0 Å². The van der Waals surface area contributed by atoms with E-state index < -0.39 is 5.97 Å². The first kappa shape index (κ1) is 16.5. The van der Waals surface area contributed by atoms with E-state index in [9.17, 15) is 9.90 Å².